The summed E-state index contributed by atoms with van der Waals surface area (Å²) in [6, 6.07) is 24.8. The van der Waals surface area contributed by atoms with Gasteiger partial charge in [0.25, 0.3) is 5.91 Å². The van der Waals surface area contributed by atoms with Crippen molar-refractivity contribution in [2.75, 3.05) is 43.1 Å². The highest BCUT2D eigenvalue weighted by Crippen LogP contribution is 2.28. The van der Waals surface area contributed by atoms with Crippen LogP contribution in [0.25, 0.3) is 0 Å². The third kappa shape index (κ3) is 6.97. The average molecular weight is 556 g/mol. The van der Waals surface area contributed by atoms with E-state index >= 15 is 0 Å². The number of carbonyl (C=O) groups excluding carboxylic acids is 3. The molecule has 1 saturated heterocycles. The molecular weight excluding hydrogens is 522 g/mol. The highest BCUT2D eigenvalue weighted by Gasteiger charge is 2.38. The predicted octanol–water partition coefficient (Wildman–Crippen LogP) is 3.43. The van der Waals surface area contributed by atoms with Crippen LogP contribution in [0.5, 0.6) is 0 Å². The number of benzene rings is 3. The molecule has 3 aromatic rings. The van der Waals surface area contributed by atoms with Crippen LogP contribution < -0.4 is 15.5 Å². The highest BCUT2D eigenvalue weighted by atomic mass is 16.5. The lowest BCUT2D eigenvalue weighted by Gasteiger charge is -2.30. The van der Waals surface area contributed by atoms with Gasteiger partial charge in [-0.2, -0.15) is 0 Å². The number of morpholine rings is 1. The average Bonchev–Trinajstić information content (AvgIpc) is 3.11. The van der Waals surface area contributed by atoms with Crippen LogP contribution in [-0.2, 0) is 25.7 Å². The predicted molar refractivity (Wildman–Crippen MR) is 156 cm³/mol. The molecule has 212 valence electrons. The molecule has 10 heteroatoms. The smallest absolute Gasteiger partial charge is 0.409 e. The quantitative estimate of drug-likeness (QED) is 0.441. The van der Waals surface area contributed by atoms with Gasteiger partial charge in [-0.05, 0) is 30.7 Å². The van der Waals surface area contributed by atoms with Crippen molar-refractivity contribution in [3.05, 3.63) is 96.1 Å². The van der Waals surface area contributed by atoms with E-state index in [0.717, 1.165) is 5.56 Å². The first kappa shape index (κ1) is 28.0. The fourth-order valence-electron chi connectivity index (χ4n) is 4.81. The number of aliphatic imine (C=N–C) groups is 1. The van der Waals surface area contributed by atoms with Crippen LogP contribution in [0.4, 0.5) is 16.2 Å². The highest BCUT2D eigenvalue weighted by molar-refractivity contribution is 6.16. The van der Waals surface area contributed by atoms with Gasteiger partial charge in [0.1, 0.15) is 12.6 Å². The van der Waals surface area contributed by atoms with E-state index in [1.54, 1.807) is 25.1 Å². The number of benzodiazepines with no additional fused rings is 1. The molecule has 0 aliphatic carbocycles. The first-order valence-electron chi connectivity index (χ1n) is 13.6. The van der Waals surface area contributed by atoms with E-state index in [1.807, 2.05) is 66.7 Å². The zero-order valence-corrected chi connectivity index (χ0v) is 22.9. The molecule has 2 atom stereocenters. The first-order chi connectivity index (χ1) is 20.0. The van der Waals surface area contributed by atoms with Crippen molar-refractivity contribution in [3.8, 4) is 0 Å². The van der Waals surface area contributed by atoms with Gasteiger partial charge in [-0.1, -0.05) is 66.7 Å². The maximum Gasteiger partial charge on any atom is 0.409 e. The van der Waals surface area contributed by atoms with Crippen molar-refractivity contribution in [3.63, 3.8) is 0 Å². The van der Waals surface area contributed by atoms with Gasteiger partial charge in [-0.25, -0.2) is 4.79 Å². The molecule has 2 N–H and O–H groups in total. The molecule has 2 aliphatic heterocycles. The summed E-state index contributed by atoms with van der Waals surface area (Å²) in [5.41, 5.74) is 3.31. The first-order valence-corrected chi connectivity index (χ1v) is 13.6. The van der Waals surface area contributed by atoms with E-state index in [1.165, 1.54) is 4.90 Å². The number of alkyl carbamates (subject to hydrolysis) is 1. The Labute approximate surface area is 239 Å². The van der Waals surface area contributed by atoms with Crippen molar-refractivity contribution in [1.82, 2.24) is 10.2 Å². The molecule has 3 amide bonds. The number of hydrogen-bond acceptors (Lipinski definition) is 7. The van der Waals surface area contributed by atoms with Crippen LogP contribution in [-0.4, -0.2) is 73.6 Å². The summed E-state index contributed by atoms with van der Waals surface area (Å²) in [7, 11) is 0. The minimum absolute atomic E-state index is 0.0394. The summed E-state index contributed by atoms with van der Waals surface area (Å²) in [5.74, 6) is -0.914. The Balaban J connectivity index is 1.44. The molecule has 0 radical (unpaired) electrons. The molecule has 3 aromatic carbocycles. The van der Waals surface area contributed by atoms with E-state index in [2.05, 4.69) is 15.5 Å². The number of para-hydroxylation sites is 2. The second kappa shape index (κ2) is 13.2. The van der Waals surface area contributed by atoms with Crippen molar-refractivity contribution < 1.29 is 23.9 Å². The SMILES string of the molecule is CC(C(=O)Nc1ccccc1)N1C(=O)C(NC(=O)OCc2ccccc2)N=C(CN2CCOCC2)c2ccccc21. The minimum atomic E-state index is -1.30. The fraction of sp³-hybridized carbons (Fsp3) is 0.290. The Morgan fingerprint density at radius 1 is 0.976 bits per heavy atom. The van der Waals surface area contributed by atoms with E-state index in [9.17, 15) is 14.4 Å². The van der Waals surface area contributed by atoms with Crippen LogP contribution in [0.2, 0.25) is 0 Å². The fourth-order valence-corrected chi connectivity index (χ4v) is 4.81. The molecule has 1 fully saturated rings. The molecule has 0 spiro atoms. The molecule has 0 bridgehead atoms. The van der Waals surface area contributed by atoms with Gasteiger partial charge >= 0.3 is 6.09 Å². The van der Waals surface area contributed by atoms with E-state index in [-0.39, 0.29) is 12.5 Å². The molecule has 10 nitrogen and oxygen atoms in total. The summed E-state index contributed by atoms with van der Waals surface area (Å²) < 4.78 is 10.9. The van der Waals surface area contributed by atoms with Crippen LogP contribution in [0.15, 0.2) is 89.9 Å². The Morgan fingerprint density at radius 3 is 2.37 bits per heavy atom. The maximum absolute atomic E-state index is 14.1. The monoisotopic (exact) mass is 555 g/mol. The number of ether oxygens (including phenoxy) is 2. The van der Waals surface area contributed by atoms with Gasteiger partial charge in [0.2, 0.25) is 12.1 Å². The Hall–Kier alpha value is -4.54. The number of fused-ring (bicyclic) bond motifs is 1. The standard InChI is InChI=1S/C31H33N5O5/c1-22(29(37)32-24-12-6-3-7-13-24)36-27-15-9-8-14-25(27)26(20-35-16-18-40-19-17-35)33-28(30(36)38)34-31(39)41-21-23-10-4-2-5-11-23/h2-15,22,28H,16-21H2,1H3,(H,32,37)(H,34,39). The summed E-state index contributed by atoms with van der Waals surface area (Å²) in [6.45, 7) is 4.78. The zero-order chi connectivity index (χ0) is 28.6. The Bertz CT molecular complexity index is 1390. The molecule has 0 aromatic heterocycles. The maximum atomic E-state index is 14.1. The van der Waals surface area contributed by atoms with Crippen LogP contribution in [0, 0.1) is 0 Å². The number of rotatable bonds is 8. The van der Waals surface area contributed by atoms with Crippen molar-refractivity contribution in [2.45, 2.75) is 25.7 Å². The van der Waals surface area contributed by atoms with Gasteiger partial charge in [0, 0.05) is 30.9 Å². The summed E-state index contributed by atoms with van der Waals surface area (Å²) in [4.78, 5) is 48.7. The third-order valence-electron chi connectivity index (χ3n) is 6.98. The lowest BCUT2D eigenvalue weighted by atomic mass is 10.0. The summed E-state index contributed by atoms with van der Waals surface area (Å²) >= 11 is 0. The van der Waals surface area contributed by atoms with E-state index < -0.39 is 24.2 Å². The largest absolute Gasteiger partial charge is 0.445 e. The zero-order valence-electron chi connectivity index (χ0n) is 22.9. The molecule has 2 heterocycles. The summed E-state index contributed by atoms with van der Waals surface area (Å²) in [5, 5.41) is 5.52. The number of hydrogen-bond donors (Lipinski definition) is 2. The van der Waals surface area contributed by atoms with Gasteiger partial charge in [0.15, 0.2) is 0 Å². The van der Waals surface area contributed by atoms with Crippen LogP contribution >= 0.6 is 0 Å². The van der Waals surface area contributed by atoms with Gasteiger partial charge in [0.05, 0.1) is 24.6 Å². The van der Waals surface area contributed by atoms with Crippen molar-refractivity contribution in [1.29, 1.82) is 0 Å². The van der Waals surface area contributed by atoms with Crippen LogP contribution in [0.1, 0.15) is 18.1 Å². The van der Waals surface area contributed by atoms with Crippen molar-refractivity contribution in [2.24, 2.45) is 4.99 Å². The van der Waals surface area contributed by atoms with Gasteiger partial charge in [-0.3, -0.25) is 29.7 Å². The number of nitrogens with one attached hydrogen (secondary N) is 2. The Morgan fingerprint density at radius 2 is 1.63 bits per heavy atom. The molecule has 5 rings (SSSR count). The Kier molecular flexibility index (Phi) is 9.02. The third-order valence-corrected chi connectivity index (χ3v) is 6.98. The number of nitrogens with zero attached hydrogens (tertiary/aromatic N) is 3. The number of anilines is 2. The second-order valence-corrected chi connectivity index (χ2v) is 9.83. The number of amides is 3. The van der Waals surface area contributed by atoms with E-state index in [4.69, 9.17) is 14.5 Å². The van der Waals surface area contributed by atoms with E-state index in [0.29, 0.717) is 55.5 Å². The van der Waals surface area contributed by atoms with Crippen molar-refractivity contribution >= 4 is 35.0 Å². The summed E-state index contributed by atoms with van der Waals surface area (Å²) in [6.07, 6.45) is -2.08. The molecule has 41 heavy (non-hydrogen) atoms. The molecular formula is C31H33N5O5. The minimum Gasteiger partial charge on any atom is -0.445 e. The van der Waals surface area contributed by atoms with Gasteiger partial charge < -0.3 is 14.8 Å². The normalized spacial score (nSPS) is 18.0. The van der Waals surface area contributed by atoms with Crippen LogP contribution in [0.3, 0.4) is 0 Å². The molecule has 2 unspecified atom stereocenters. The lowest BCUT2D eigenvalue weighted by molar-refractivity contribution is -0.124. The van der Waals surface area contributed by atoms with Gasteiger partial charge in [-0.15, -0.1) is 0 Å². The number of carbonyl (C=O) groups is 3. The molecule has 0 saturated carbocycles. The second-order valence-electron chi connectivity index (χ2n) is 9.83. The topological polar surface area (TPSA) is 113 Å². The lowest BCUT2D eigenvalue weighted by Crippen LogP contribution is -2.53. The molecule has 2 aliphatic rings.